The zero-order valence-electron chi connectivity index (χ0n) is 22.7. The van der Waals surface area contributed by atoms with Crippen LogP contribution in [0.2, 0.25) is 0 Å². The van der Waals surface area contributed by atoms with E-state index in [9.17, 15) is 39.3 Å². The largest absolute Gasteiger partial charge is 0.508 e. The first-order valence-corrected chi connectivity index (χ1v) is 12.9. The van der Waals surface area contributed by atoms with Gasteiger partial charge < -0.3 is 42.1 Å². The van der Waals surface area contributed by atoms with Gasteiger partial charge >= 0.3 is 11.9 Å². The van der Waals surface area contributed by atoms with Gasteiger partial charge in [0.2, 0.25) is 17.7 Å². The van der Waals surface area contributed by atoms with Crippen molar-refractivity contribution in [2.45, 2.75) is 63.7 Å². The molecule has 222 valence electrons. The van der Waals surface area contributed by atoms with Crippen molar-refractivity contribution in [1.29, 1.82) is 0 Å². The number of benzene rings is 2. The molecule has 13 heteroatoms. The highest BCUT2D eigenvalue weighted by Crippen LogP contribution is 2.14. The fourth-order valence-electron chi connectivity index (χ4n) is 3.88. The number of aromatic hydroxyl groups is 2. The van der Waals surface area contributed by atoms with Crippen LogP contribution in [0.4, 0.5) is 0 Å². The standard InChI is InChI=1S/C28H36N4O9/c1-15(2)24(28(40)41)32-27(39)22(14-17-5-9-19(34)10-6-17)31-26(38)21(13-16-3-7-18(33)8-4-16)30-25(37)20(29)11-12-23(35)36/h3-10,15,20-22,24,33-34H,11-14,29H2,1-2H3,(H,30,37)(H,31,38)(H,32,39)(H,35,36)(H,40,41). The predicted octanol–water partition coefficient (Wildman–Crippen LogP) is 0.270. The van der Waals surface area contributed by atoms with E-state index < -0.39 is 59.7 Å². The molecule has 2 rings (SSSR count). The molecule has 2 aromatic rings. The van der Waals surface area contributed by atoms with E-state index in [-0.39, 0.29) is 37.2 Å². The summed E-state index contributed by atoms with van der Waals surface area (Å²) in [7, 11) is 0. The van der Waals surface area contributed by atoms with E-state index in [0.717, 1.165) is 0 Å². The molecule has 0 spiro atoms. The quantitative estimate of drug-likeness (QED) is 0.145. The summed E-state index contributed by atoms with van der Waals surface area (Å²) in [5, 5.41) is 45.1. The minimum atomic E-state index is -1.27. The van der Waals surface area contributed by atoms with E-state index >= 15 is 0 Å². The van der Waals surface area contributed by atoms with Crippen molar-refractivity contribution < 1.29 is 44.4 Å². The number of aliphatic carboxylic acids is 2. The van der Waals surface area contributed by atoms with Crippen molar-refractivity contribution in [3.63, 3.8) is 0 Å². The first kappa shape index (κ1) is 32.6. The van der Waals surface area contributed by atoms with Crippen LogP contribution in [-0.2, 0) is 36.8 Å². The minimum Gasteiger partial charge on any atom is -0.508 e. The van der Waals surface area contributed by atoms with Gasteiger partial charge in [-0.2, -0.15) is 0 Å². The minimum absolute atomic E-state index is 0.0135. The number of nitrogens with two attached hydrogens (primary N) is 1. The molecule has 0 fully saturated rings. The van der Waals surface area contributed by atoms with E-state index in [0.29, 0.717) is 11.1 Å². The van der Waals surface area contributed by atoms with Crippen molar-refractivity contribution in [2.24, 2.45) is 11.7 Å². The molecular weight excluding hydrogens is 536 g/mol. The molecule has 13 nitrogen and oxygen atoms in total. The predicted molar refractivity (Wildman–Crippen MR) is 147 cm³/mol. The Morgan fingerprint density at radius 2 is 1.12 bits per heavy atom. The third-order valence-corrected chi connectivity index (χ3v) is 6.25. The van der Waals surface area contributed by atoms with E-state index in [4.69, 9.17) is 10.8 Å². The molecule has 4 atom stereocenters. The first-order valence-electron chi connectivity index (χ1n) is 12.9. The van der Waals surface area contributed by atoms with Crippen LogP contribution in [0, 0.1) is 5.92 Å². The van der Waals surface area contributed by atoms with Crippen LogP contribution in [0.1, 0.15) is 37.8 Å². The molecule has 0 aliphatic heterocycles. The summed E-state index contributed by atoms with van der Waals surface area (Å²) < 4.78 is 0. The summed E-state index contributed by atoms with van der Waals surface area (Å²) in [5.74, 6) is -5.23. The average Bonchev–Trinajstić information content (AvgIpc) is 2.91. The number of carboxylic acid groups (broad SMARTS) is 2. The van der Waals surface area contributed by atoms with Gasteiger partial charge in [0, 0.05) is 19.3 Å². The third kappa shape index (κ3) is 10.8. The van der Waals surface area contributed by atoms with Crippen LogP contribution in [0.3, 0.4) is 0 Å². The SMILES string of the molecule is CC(C)C(NC(=O)C(Cc1ccc(O)cc1)NC(=O)C(Cc1ccc(O)cc1)NC(=O)C(N)CCC(=O)O)C(=O)O. The maximum atomic E-state index is 13.5. The molecule has 41 heavy (non-hydrogen) atoms. The van der Waals surface area contributed by atoms with Crippen LogP contribution >= 0.6 is 0 Å². The lowest BCUT2D eigenvalue weighted by atomic mass is 10.00. The van der Waals surface area contributed by atoms with Crippen LogP contribution in [0.15, 0.2) is 48.5 Å². The Morgan fingerprint density at radius 3 is 1.51 bits per heavy atom. The number of rotatable bonds is 15. The second-order valence-electron chi connectivity index (χ2n) is 9.97. The molecule has 2 aromatic carbocycles. The Labute approximate surface area is 236 Å². The summed E-state index contributed by atoms with van der Waals surface area (Å²) in [5.41, 5.74) is 6.92. The van der Waals surface area contributed by atoms with Gasteiger partial charge in [-0.15, -0.1) is 0 Å². The Balaban J connectivity index is 2.33. The second kappa shape index (κ2) is 15.2. The lowest BCUT2D eigenvalue weighted by molar-refractivity contribution is -0.143. The number of carbonyl (C=O) groups excluding carboxylic acids is 3. The highest BCUT2D eigenvalue weighted by Gasteiger charge is 2.31. The molecule has 0 aromatic heterocycles. The Morgan fingerprint density at radius 1 is 0.707 bits per heavy atom. The van der Waals surface area contributed by atoms with Crippen LogP contribution in [-0.4, -0.2) is 74.3 Å². The van der Waals surface area contributed by atoms with E-state index in [1.54, 1.807) is 13.8 Å². The summed E-state index contributed by atoms with van der Waals surface area (Å²) in [6.45, 7) is 3.23. The van der Waals surface area contributed by atoms with Gasteiger partial charge in [0.05, 0.1) is 6.04 Å². The Bertz CT molecular complexity index is 1220. The van der Waals surface area contributed by atoms with Crippen molar-refractivity contribution in [3.8, 4) is 11.5 Å². The molecule has 0 radical (unpaired) electrons. The monoisotopic (exact) mass is 572 g/mol. The molecule has 0 heterocycles. The molecule has 9 N–H and O–H groups in total. The van der Waals surface area contributed by atoms with Gasteiger partial charge in [0.25, 0.3) is 0 Å². The smallest absolute Gasteiger partial charge is 0.326 e. The zero-order valence-corrected chi connectivity index (χ0v) is 22.7. The first-order chi connectivity index (χ1) is 19.3. The van der Waals surface area contributed by atoms with Gasteiger partial charge in [0.1, 0.15) is 29.6 Å². The molecule has 3 amide bonds. The Hall–Kier alpha value is -4.65. The zero-order chi connectivity index (χ0) is 30.7. The lowest BCUT2D eigenvalue weighted by Gasteiger charge is -2.26. The summed E-state index contributed by atoms with van der Waals surface area (Å²) in [6.07, 6.45) is -0.674. The topological polar surface area (TPSA) is 228 Å². The number of amides is 3. The number of carbonyl (C=O) groups is 5. The van der Waals surface area contributed by atoms with Gasteiger partial charge in [-0.1, -0.05) is 38.1 Å². The van der Waals surface area contributed by atoms with E-state index in [2.05, 4.69) is 16.0 Å². The lowest BCUT2D eigenvalue weighted by Crippen LogP contribution is -2.58. The second-order valence-corrected chi connectivity index (χ2v) is 9.97. The van der Waals surface area contributed by atoms with Crippen molar-refractivity contribution in [3.05, 3.63) is 59.7 Å². The fraction of sp³-hybridized carbons (Fsp3) is 0.393. The molecular formula is C28H36N4O9. The fourth-order valence-corrected chi connectivity index (χ4v) is 3.88. The summed E-state index contributed by atoms with van der Waals surface area (Å²) in [4.78, 5) is 62.0. The third-order valence-electron chi connectivity index (χ3n) is 6.25. The molecule has 0 aliphatic rings. The van der Waals surface area contributed by atoms with Gasteiger partial charge in [-0.25, -0.2) is 4.79 Å². The van der Waals surface area contributed by atoms with Crippen molar-refractivity contribution >= 4 is 29.7 Å². The molecule has 0 saturated carbocycles. The van der Waals surface area contributed by atoms with Crippen LogP contribution in [0.25, 0.3) is 0 Å². The maximum absolute atomic E-state index is 13.5. The number of phenolic OH excluding ortho intramolecular Hbond substituents is 2. The van der Waals surface area contributed by atoms with Crippen LogP contribution in [0.5, 0.6) is 11.5 Å². The van der Waals surface area contributed by atoms with E-state index in [1.807, 2.05) is 0 Å². The van der Waals surface area contributed by atoms with E-state index in [1.165, 1.54) is 48.5 Å². The molecule has 0 saturated heterocycles. The highest BCUT2D eigenvalue weighted by molar-refractivity contribution is 5.94. The maximum Gasteiger partial charge on any atom is 0.326 e. The number of hydrogen-bond acceptors (Lipinski definition) is 8. The van der Waals surface area contributed by atoms with Gasteiger partial charge in [0.15, 0.2) is 0 Å². The normalized spacial score (nSPS) is 13.9. The molecule has 0 aliphatic carbocycles. The number of hydrogen-bond donors (Lipinski definition) is 8. The number of carboxylic acids is 2. The molecule has 4 unspecified atom stereocenters. The Kier molecular flexibility index (Phi) is 12.1. The van der Waals surface area contributed by atoms with Gasteiger partial charge in [-0.05, 0) is 47.7 Å². The summed E-state index contributed by atoms with van der Waals surface area (Å²) in [6, 6.07) is 6.73. The van der Waals surface area contributed by atoms with Crippen LogP contribution < -0.4 is 21.7 Å². The number of nitrogens with one attached hydrogen (secondary N) is 3. The van der Waals surface area contributed by atoms with Crippen molar-refractivity contribution in [2.75, 3.05) is 0 Å². The highest BCUT2D eigenvalue weighted by atomic mass is 16.4. The summed E-state index contributed by atoms with van der Waals surface area (Å²) >= 11 is 0. The average molecular weight is 573 g/mol. The number of phenols is 2. The van der Waals surface area contributed by atoms with Crippen molar-refractivity contribution in [1.82, 2.24) is 16.0 Å². The molecule has 0 bridgehead atoms. The van der Waals surface area contributed by atoms with Gasteiger partial charge in [-0.3, -0.25) is 19.2 Å².